The molecule has 2 N–H and O–H groups in total. The Balaban J connectivity index is 1.53. The van der Waals surface area contributed by atoms with E-state index in [4.69, 9.17) is 4.74 Å². The molecule has 0 bridgehead atoms. The number of rotatable bonds is 6. The van der Waals surface area contributed by atoms with Crippen molar-refractivity contribution < 1.29 is 9.53 Å². The zero-order valence-corrected chi connectivity index (χ0v) is 13.1. The van der Waals surface area contributed by atoms with Gasteiger partial charge in [-0.1, -0.05) is 48.5 Å². The molecule has 3 aromatic rings. The molecule has 0 aliphatic carbocycles. The van der Waals surface area contributed by atoms with Crippen LogP contribution in [0.2, 0.25) is 0 Å². The minimum Gasteiger partial charge on any atom is -0.375 e. The van der Waals surface area contributed by atoms with Gasteiger partial charge in [-0.3, -0.25) is 9.59 Å². The Morgan fingerprint density at radius 1 is 1.04 bits per heavy atom. The number of ether oxygens (including phenoxy) is 1. The number of fused-ring (bicyclic) bond motifs is 1. The summed E-state index contributed by atoms with van der Waals surface area (Å²) in [5.74, 6) is -0.398. The minimum absolute atomic E-state index is 0.108. The summed E-state index contributed by atoms with van der Waals surface area (Å²) in [6.07, 6.45) is 0. The van der Waals surface area contributed by atoms with Crippen LogP contribution in [0.4, 0.5) is 0 Å². The molecule has 1 heterocycles. The van der Waals surface area contributed by atoms with E-state index in [1.54, 1.807) is 12.1 Å². The van der Waals surface area contributed by atoms with E-state index in [1.165, 1.54) is 0 Å². The van der Waals surface area contributed by atoms with Crippen molar-refractivity contribution in [2.24, 2.45) is 0 Å². The highest BCUT2D eigenvalue weighted by atomic mass is 16.5. The molecule has 24 heavy (non-hydrogen) atoms. The van der Waals surface area contributed by atoms with Gasteiger partial charge >= 0.3 is 0 Å². The number of H-pyrrole nitrogens is 1. The van der Waals surface area contributed by atoms with Crippen LogP contribution in [-0.2, 0) is 11.3 Å². The van der Waals surface area contributed by atoms with Gasteiger partial charge in [0.15, 0.2) is 0 Å². The second-order valence-electron chi connectivity index (χ2n) is 5.39. The number of carbonyl (C=O) groups excluding carboxylic acids is 1. The average Bonchev–Trinajstić information content (AvgIpc) is 2.61. The van der Waals surface area contributed by atoms with Gasteiger partial charge in [0, 0.05) is 12.1 Å². The fourth-order valence-electron chi connectivity index (χ4n) is 2.41. The van der Waals surface area contributed by atoms with E-state index in [1.807, 2.05) is 48.5 Å². The molecule has 5 nitrogen and oxygen atoms in total. The third-order valence-corrected chi connectivity index (χ3v) is 3.64. The van der Waals surface area contributed by atoms with Crippen molar-refractivity contribution in [3.05, 3.63) is 82.1 Å². The second-order valence-corrected chi connectivity index (χ2v) is 5.39. The Labute approximate surface area is 139 Å². The van der Waals surface area contributed by atoms with Crippen molar-refractivity contribution in [1.82, 2.24) is 10.3 Å². The monoisotopic (exact) mass is 322 g/mol. The normalized spacial score (nSPS) is 10.7. The van der Waals surface area contributed by atoms with Gasteiger partial charge in [-0.2, -0.15) is 0 Å². The second kappa shape index (κ2) is 7.57. The number of hydrogen-bond donors (Lipinski definition) is 2. The maximum Gasteiger partial charge on any atom is 0.261 e. The van der Waals surface area contributed by atoms with Crippen molar-refractivity contribution in [2.75, 3.05) is 13.2 Å². The highest BCUT2D eigenvalue weighted by Gasteiger charge is 2.11. The fourth-order valence-corrected chi connectivity index (χ4v) is 2.41. The van der Waals surface area contributed by atoms with Gasteiger partial charge in [0.05, 0.1) is 13.2 Å². The summed E-state index contributed by atoms with van der Waals surface area (Å²) >= 11 is 0. The number of aromatic nitrogens is 1. The van der Waals surface area contributed by atoms with Crippen molar-refractivity contribution >= 4 is 16.8 Å². The standard InChI is InChI=1S/C19H18N2O3/c22-18(20-10-11-24-13-14-6-2-1-3-7-14)16-12-15-8-4-5-9-17(15)21-19(16)23/h1-9,12H,10-11,13H2,(H,20,22)(H,21,23). The summed E-state index contributed by atoms with van der Waals surface area (Å²) in [6, 6.07) is 18.8. The lowest BCUT2D eigenvalue weighted by Gasteiger charge is -2.07. The van der Waals surface area contributed by atoms with Crippen LogP contribution in [0.1, 0.15) is 15.9 Å². The Morgan fingerprint density at radius 2 is 1.79 bits per heavy atom. The molecule has 5 heteroatoms. The maximum atomic E-state index is 12.2. The van der Waals surface area contributed by atoms with Crippen LogP contribution in [-0.4, -0.2) is 24.0 Å². The van der Waals surface area contributed by atoms with E-state index in [0.717, 1.165) is 10.9 Å². The van der Waals surface area contributed by atoms with Crippen LogP contribution in [0.3, 0.4) is 0 Å². The predicted octanol–water partition coefficient (Wildman–Crippen LogP) is 2.47. The van der Waals surface area contributed by atoms with Crippen molar-refractivity contribution in [1.29, 1.82) is 0 Å². The van der Waals surface area contributed by atoms with E-state index in [9.17, 15) is 9.59 Å². The third kappa shape index (κ3) is 3.88. The molecule has 0 saturated carbocycles. The average molecular weight is 322 g/mol. The van der Waals surface area contributed by atoms with E-state index in [2.05, 4.69) is 10.3 Å². The largest absolute Gasteiger partial charge is 0.375 e. The van der Waals surface area contributed by atoms with Gasteiger partial charge in [0.25, 0.3) is 11.5 Å². The summed E-state index contributed by atoms with van der Waals surface area (Å²) < 4.78 is 5.51. The van der Waals surface area contributed by atoms with Crippen molar-refractivity contribution in [3.8, 4) is 0 Å². The lowest BCUT2D eigenvalue weighted by Crippen LogP contribution is -2.31. The number of aromatic amines is 1. The number of nitrogens with one attached hydrogen (secondary N) is 2. The van der Waals surface area contributed by atoms with Crippen LogP contribution in [0.25, 0.3) is 10.9 Å². The molecule has 2 aromatic carbocycles. The summed E-state index contributed by atoms with van der Waals surface area (Å²) in [4.78, 5) is 26.9. The van der Waals surface area contributed by atoms with Gasteiger partial charge in [-0.15, -0.1) is 0 Å². The number of amides is 1. The smallest absolute Gasteiger partial charge is 0.261 e. The Hall–Kier alpha value is -2.92. The quantitative estimate of drug-likeness (QED) is 0.685. The van der Waals surface area contributed by atoms with E-state index in [0.29, 0.717) is 25.3 Å². The molecule has 0 aliphatic rings. The highest BCUT2D eigenvalue weighted by molar-refractivity contribution is 5.97. The predicted molar refractivity (Wildman–Crippen MR) is 93.0 cm³/mol. The van der Waals surface area contributed by atoms with Gasteiger partial charge in [0.1, 0.15) is 5.56 Å². The molecule has 122 valence electrons. The highest BCUT2D eigenvalue weighted by Crippen LogP contribution is 2.09. The topological polar surface area (TPSA) is 71.2 Å². The summed E-state index contributed by atoms with van der Waals surface area (Å²) in [6.45, 7) is 1.22. The van der Waals surface area contributed by atoms with Crippen molar-refractivity contribution in [3.63, 3.8) is 0 Å². The molecule has 0 saturated heterocycles. The van der Waals surface area contributed by atoms with Gasteiger partial charge in [0.2, 0.25) is 0 Å². The summed E-state index contributed by atoms with van der Waals surface area (Å²) in [7, 11) is 0. The van der Waals surface area contributed by atoms with Crippen LogP contribution in [0.15, 0.2) is 65.5 Å². The Morgan fingerprint density at radius 3 is 2.62 bits per heavy atom. The zero-order chi connectivity index (χ0) is 16.8. The van der Waals surface area contributed by atoms with Crippen LogP contribution in [0.5, 0.6) is 0 Å². The minimum atomic E-state index is -0.398. The summed E-state index contributed by atoms with van der Waals surface area (Å²) in [5.41, 5.74) is 1.51. The molecule has 0 fully saturated rings. The lowest BCUT2D eigenvalue weighted by molar-refractivity contribution is 0.0899. The van der Waals surface area contributed by atoms with Crippen molar-refractivity contribution in [2.45, 2.75) is 6.61 Å². The van der Waals surface area contributed by atoms with E-state index < -0.39 is 11.5 Å². The fraction of sp³-hybridized carbons (Fsp3) is 0.158. The Bertz CT molecular complexity index is 888. The molecular weight excluding hydrogens is 304 g/mol. The summed E-state index contributed by atoms with van der Waals surface area (Å²) in [5, 5.41) is 3.53. The van der Waals surface area contributed by atoms with Crippen LogP contribution >= 0.6 is 0 Å². The zero-order valence-electron chi connectivity index (χ0n) is 13.1. The Kier molecular flexibility index (Phi) is 5.03. The molecule has 1 amide bonds. The van der Waals surface area contributed by atoms with Gasteiger partial charge < -0.3 is 15.0 Å². The number of hydrogen-bond acceptors (Lipinski definition) is 3. The van der Waals surface area contributed by atoms with Gasteiger partial charge in [-0.25, -0.2) is 0 Å². The number of para-hydroxylation sites is 1. The SMILES string of the molecule is O=C(NCCOCc1ccccc1)c1cc2ccccc2[nH]c1=O. The first-order chi connectivity index (χ1) is 11.7. The lowest BCUT2D eigenvalue weighted by atomic mass is 10.1. The third-order valence-electron chi connectivity index (χ3n) is 3.64. The first-order valence-corrected chi connectivity index (χ1v) is 7.76. The number of carbonyl (C=O) groups is 1. The maximum absolute atomic E-state index is 12.2. The van der Waals surface area contributed by atoms with E-state index >= 15 is 0 Å². The molecule has 1 aromatic heterocycles. The van der Waals surface area contributed by atoms with Gasteiger partial charge in [-0.05, 0) is 23.1 Å². The molecule has 0 radical (unpaired) electrons. The number of benzene rings is 2. The first kappa shape index (κ1) is 16.0. The van der Waals surface area contributed by atoms with E-state index in [-0.39, 0.29) is 5.56 Å². The molecule has 0 spiro atoms. The molecule has 0 aliphatic heterocycles. The molecule has 0 atom stereocenters. The first-order valence-electron chi connectivity index (χ1n) is 7.76. The molecule has 3 rings (SSSR count). The van der Waals surface area contributed by atoms with Crippen LogP contribution < -0.4 is 10.9 Å². The van der Waals surface area contributed by atoms with Crippen LogP contribution in [0, 0.1) is 0 Å². The molecular formula is C19H18N2O3. The number of pyridine rings is 1. The molecule has 0 unspecified atom stereocenters.